The quantitative estimate of drug-likeness (QED) is 0.909. The third-order valence-corrected chi connectivity index (χ3v) is 2.56. The van der Waals surface area contributed by atoms with E-state index < -0.39 is 0 Å². The van der Waals surface area contributed by atoms with E-state index in [0.29, 0.717) is 11.4 Å². The molecule has 1 N–H and O–H groups in total. The first-order valence-corrected chi connectivity index (χ1v) is 5.62. The number of hydrogen-bond acceptors (Lipinski definition) is 5. The summed E-state index contributed by atoms with van der Waals surface area (Å²) >= 11 is 0. The molecular weight excluding hydrogens is 242 g/mol. The highest BCUT2D eigenvalue weighted by atomic mass is 16.5. The molecule has 1 heterocycles. The van der Waals surface area contributed by atoms with Gasteiger partial charge in [-0.25, -0.2) is 4.98 Å². The third-order valence-electron chi connectivity index (χ3n) is 2.56. The number of methoxy groups -OCH3 is 2. The highest BCUT2D eigenvalue weighted by molar-refractivity contribution is 5.67. The summed E-state index contributed by atoms with van der Waals surface area (Å²) in [4.78, 5) is 3.92. The van der Waals surface area contributed by atoms with Crippen LogP contribution in [-0.2, 0) is 0 Å². The van der Waals surface area contributed by atoms with E-state index in [1.54, 1.807) is 38.6 Å². The molecule has 2 rings (SSSR count). The second-order valence-electron chi connectivity index (χ2n) is 3.73. The molecule has 0 atom stereocenters. The predicted octanol–water partition coefficient (Wildman–Crippen LogP) is 2.71. The van der Waals surface area contributed by atoms with Gasteiger partial charge in [-0.15, -0.1) is 0 Å². The second kappa shape index (κ2) is 5.74. The van der Waals surface area contributed by atoms with Crippen LogP contribution in [0.3, 0.4) is 0 Å². The summed E-state index contributed by atoms with van der Waals surface area (Å²) in [5, 5.41) is 12.0. The fraction of sp³-hybridized carbons (Fsp3) is 0.143. The zero-order chi connectivity index (χ0) is 13.7. The van der Waals surface area contributed by atoms with Gasteiger partial charge in [-0.2, -0.15) is 5.26 Å². The Balaban J connectivity index is 2.30. The number of pyridine rings is 1. The first-order chi connectivity index (χ1) is 9.26. The molecule has 2 aromatic rings. The summed E-state index contributed by atoms with van der Waals surface area (Å²) in [6.45, 7) is 0. The fourth-order valence-corrected chi connectivity index (χ4v) is 1.63. The van der Waals surface area contributed by atoms with Crippen LogP contribution in [0.15, 0.2) is 36.5 Å². The van der Waals surface area contributed by atoms with Crippen molar-refractivity contribution < 1.29 is 9.47 Å². The topological polar surface area (TPSA) is 67.2 Å². The average molecular weight is 255 g/mol. The van der Waals surface area contributed by atoms with Gasteiger partial charge in [0.2, 0.25) is 0 Å². The van der Waals surface area contributed by atoms with Gasteiger partial charge in [-0.1, -0.05) is 0 Å². The molecule has 1 aromatic heterocycles. The Morgan fingerprint density at radius 3 is 2.68 bits per heavy atom. The summed E-state index contributed by atoms with van der Waals surface area (Å²) in [5.41, 5.74) is 1.92. The first-order valence-electron chi connectivity index (χ1n) is 5.62. The molecule has 5 nitrogen and oxygen atoms in total. The molecule has 19 heavy (non-hydrogen) atoms. The molecule has 0 unspecified atom stereocenters. The van der Waals surface area contributed by atoms with Crippen molar-refractivity contribution in [1.82, 2.24) is 4.98 Å². The molecule has 0 amide bonds. The average Bonchev–Trinajstić information content (AvgIpc) is 2.48. The van der Waals surface area contributed by atoms with Gasteiger partial charge in [-0.3, -0.25) is 0 Å². The minimum atomic E-state index is 0.359. The summed E-state index contributed by atoms with van der Waals surface area (Å²) in [5.74, 6) is 1.38. The number of anilines is 2. The lowest BCUT2D eigenvalue weighted by Gasteiger charge is -2.12. The van der Waals surface area contributed by atoms with E-state index in [4.69, 9.17) is 14.7 Å². The summed E-state index contributed by atoms with van der Waals surface area (Å²) in [6, 6.07) is 10.9. The Hall–Kier alpha value is -2.74. The Morgan fingerprint density at radius 2 is 2.00 bits per heavy atom. The Bertz CT molecular complexity index is 620. The zero-order valence-electron chi connectivity index (χ0n) is 10.7. The highest BCUT2D eigenvalue weighted by Crippen LogP contribution is 2.31. The maximum atomic E-state index is 8.82. The molecule has 0 saturated heterocycles. The van der Waals surface area contributed by atoms with Crippen molar-refractivity contribution in [3.05, 3.63) is 42.2 Å². The van der Waals surface area contributed by atoms with Crippen LogP contribution in [0.25, 0.3) is 0 Å². The molecule has 5 heteroatoms. The van der Waals surface area contributed by atoms with Crippen LogP contribution in [0.5, 0.6) is 11.5 Å². The van der Waals surface area contributed by atoms with E-state index in [-0.39, 0.29) is 0 Å². The van der Waals surface area contributed by atoms with Crippen LogP contribution >= 0.6 is 0 Å². The fourth-order valence-electron chi connectivity index (χ4n) is 1.63. The lowest BCUT2D eigenvalue weighted by atomic mass is 10.2. The summed E-state index contributed by atoms with van der Waals surface area (Å²) in [7, 11) is 3.19. The Morgan fingerprint density at radius 1 is 1.16 bits per heavy atom. The number of hydrogen-bond donors (Lipinski definition) is 1. The van der Waals surface area contributed by atoms with E-state index in [9.17, 15) is 0 Å². The first kappa shape index (κ1) is 12.7. The van der Waals surface area contributed by atoms with Crippen molar-refractivity contribution in [2.45, 2.75) is 0 Å². The van der Waals surface area contributed by atoms with Gasteiger partial charge >= 0.3 is 0 Å². The van der Waals surface area contributed by atoms with E-state index in [0.717, 1.165) is 17.1 Å². The van der Waals surface area contributed by atoms with Crippen LogP contribution in [0, 0.1) is 11.3 Å². The minimum Gasteiger partial charge on any atom is -0.497 e. The van der Waals surface area contributed by atoms with E-state index >= 15 is 0 Å². The number of nitriles is 1. The molecule has 0 saturated carbocycles. The monoisotopic (exact) mass is 255 g/mol. The van der Waals surface area contributed by atoms with Crippen molar-refractivity contribution in [3.8, 4) is 17.6 Å². The molecule has 0 aliphatic heterocycles. The molecular formula is C14H13N3O2. The minimum absolute atomic E-state index is 0.359. The number of nitrogens with one attached hydrogen (secondary N) is 1. The van der Waals surface area contributed by atoms with Gasteiger partial charge in [0.1, 0.15) is 23.3 Å². The van der Waals surface area contributed by atoms with Crippen molar-refractivity contribution in [2.24, 2.45) is 0 Å². The zero-order valence-corrected chi connectivity index (χ0v) is 10.7. The molecule has 0 bridgehead atoms. The van der Waals surface area contributed by atoms with E-state index in [2.05, 4.69) is 10.3 Å². The Kier molecular flexibility index (Phi) is 3.84. The number of benzene rings is 1. The SMILES string of the molecule is COc1ccc(Nc2ccnc(C#N)c2)c(OC)c1. The number of ether oxygens (including phenoxy) is 2. The normalized spacial score (nSPS) is 9.53. The number of rotatable bonds is 4. The van der Waals surface area contributed by atoms with Crippen LogP contribution in [0.4, 0.5) is 11.4 Å². The highest BCUT2D eigenvalue weighted by Gasteiger charge is 2.05. The van der Waals surface area contributed by atoms with Gasteiger partial charge in [0.15, 0.2) is 0 Å². The predicted molar refractivity (Wildman–Crippen MR) is 71.8 cm³/mol. The maximum Gasteiger partial charge on any atom is 0.145 e. The van der Waals surface area contributed by atoms with E-state index in [1.165, 1.54) is 0 Å². The summed E-state index contributed by atoms with van der Waals surface area (Å²) < 4.78 is 10.4. The van der Waals surface area contributed by atoms with E-state index in [1.807, 2.05) is 18.2 Å². The van der Waals surface area contributed by atoms with Crippen LogP contribution < -0.4 is 14.8 Å². The molecule has 0 radical (unpaired) electrons. The number of aromatic nitrogens is 1. The molecule has 0 aliphatic carbocycles. The molecule has 96 valence electrons. The van der Waals surface area contributed by atoms with Crippen molar-refractivity contribution >= 4 is 11.4 Å². The standard InChI is InChI=1S/C14H13N3O2/c1-18-12-3-4-13(14(8-12)19-2)17-10-5-6-16-11(7-10)9-15/h3-8H,1-2H3,(H,16,17). The largest absolute Gasteiger partial charge is 0.497 e. The molecule has 1 aromatic carbocycles. The molecule has 0 aliphatic rings. The second-order valence-corrected chi connectivity index (χ2v) is 3.73. The smallest absolute Gasteiger partial charge is 0.145 e. The Labute approximate surface area is 111 Å². The van der Waals surface area contributed by atoms with Gasteiger partial charge in [-0.05, 0) is 24.3 Å². The number of nitrogens with zero attached hydrogens (tertiary/aromatic N) is 2. The lowest BCUT2D eigenvalue weighted by Crippen LogP contribution is -1.96. The lowest BCUT2D eigenvalue weighted by molar-refractivity contribution is 0.395. The van der Waals surface area contributed by atoms with Crippen molar-refractivity contribution in [3.63, 3.8) is 0 Å². The van der Waals surface area contributed by atoms with Gasteiger partial charge in [0.05, 0.1) is 19.9 Å². The van der Waals surface area contributed by atoms with Crippen LogP contribution in [0.1, 0.15) is 5.69 Å². The van der Waals surface area contributed by atoms with Crippen molar-refractivity contribution in [1.29, 1.82) is 5.26 Å². The van der Waals surface area contributed by atoms with Gasteiger partial charge in [0, 0.05) is 18.0 Å². The summed E-state index contributed by atoms with van der Waals surface area (Å²) in [6.07, 6.45) is 1.58. The van der Waals surface area contributed by atoms with Gasteiger partial charge < -0.3 is 14.8 Å². The van der Waals surface area contributed by atoms with Crippen LogP contribution in [-0.4, -0.2) is 19.2 Å². The van der Waals surface area contributed by atoms with Crippen LogP contribution in [0.2, 0.25) is 0 Å². The van der Waals surface area contributed by atoms with Crippen molar-refractivity contribution in [2.75, 3.05) is 19.5 Å². The van der Waals surface area contributed by atoms with Gasteiger partial charge in [0.25, 0.3) is 0 Å². The maximum absolute atomic E-state index is 8.82. The molecule has 0 fully saturated rings. The molecule has 0 spiro atoms. The third kappa shape index (κ3) is 2.93.